The molecule has 2 fully saturated rings. The van der Waals surface area contributed by atoms with Gasteiger partial charge in [-0.25, -0.2) is 0 Å². The fourth-order valence-corrected chi connectivity index (χ4v) is 3.55. The van der Waals surface area contributed by atoms with E-state index in [0.29, 0.717) is 18.8 Å². The van der Waals surface area contributed by atoms with Gasteiger partial charge >= 0.3 is 0 Å². The lowest BCUT2D eigenvalue weighted by Gasteiger charge is -2.46. The molecular formula is C15H26N2O2. The fourth-order valence-electron chi connectivity index (χ4n) is 3.55. The van der Waals surface area contributed by atoms with Crippen molar-refractivity contribution in [3.05, 3.63) is 0 Å². The van der Waals surface area contributed by atoms with Crippen molar-refractivity contribution in [1.82, 2.24) is 10.2 Å². The van der Waals surface area contributed by atoms with Crippen LogP contribution in [0.25, 0.3) is 0 Å². The van der Waals surface area contributed by atoms with Crippen LogP contribution in [-0.4, -0.2) is 34.8 Å². The molecule has 1 aliphatic heterocycles. The molecule has 2 rings (SSSR count). The van der Waals surface area contributed by atoms with E-state index in [0.717, 1.165) is 6.42 Å². The van der Waals surface area contributed by atoms with Crippen molar-refractivity contribution < 1.29 is 9.59 Å². The fraction of sp³-hybridized carbons (Fsp3) is 0.867. The van der Waals surface area contributed by atoms with E-state index in [-0.39, 0.29) is 29.9 Å². The van der Waals surface area contributed by atoms with Gasteiger partial charge in [-0.3, -0.25) is 9.59 Å². The summed E-state index contributed by atoms with van der Waals surface area (Å²) in [5, 5.41) is 2.87. The Morgan fingerprint density at radius 3 is 2.42 bits per heavy atom. The van der Waals surface area contributed by atoms with Gasteiger partial charge in [0.25, 0.3) is 0 Å². The third-order valence-electron chi connectivity index (χ3n) is 4.73. The topological polar surface area (TPSA) is 49.4 Å². The predicted molar refractivity (Wildman–Crippen MR) is 74.6 cm³/mol. The largest absolute Gasteiger partial charge is 0.343 e. The standard InChI is InChI=1S/C15H26N2O2/c1-4-11-15(19)17(12(5-2)14(18)16-11)13-9-7-6-8-10(13)3/h10-13H,4-9H2,1-3H3,(H,16,18). The van der Waals surface area contributed by atoms with Crippen molar-refractivity contribution in [3.63, 3.8) is 0 Å². The molecule has 108 valence electrons. The minimum atomic E-state index is -0.315. The van der Waals surface area contributed by atoms with Crippen molar-refractivity contribution in [1.29, 1.82) is 0 Å². The third-order valence-corrected chi connectivity index (χ3v) is 4.73. The van der Waals surface area contributed by atoms with Crippen LogP contribution in [0.4, 0.5) is 0 Å². The van der Waals surface area contributed by atoms with E-state index in [4.69, 9.17) is 0 Å². The molecule has 4 atom stereocenters. The number of amides is 2. The zero-order valence-electron chi connectivity index (χ0n) is 12.3. The van der Waals surface area contributed by atoms with Crippen LogP contribution >= 0.6 is 0 Å². The highest BCUT2D eigenvalue weighted by molar-refractivity contribution is 5.97. The van der Waals surface area contributed by atoms with E-state index in [9.17, 15) is 9.59 Å². The summed E-state index contributed by atoms with van der Waals surface area (Å²) in [6.45, 7) is 6.17. The first-order valence-electron chi connectivity index (χ1n) is 7.72. The number of nitrogens with zero attached hydrogens (tertiary/aromatic N) is 1. The maximum absolute atomic E-state index is 12.6. The number of rotatable bonds is 3. The normalized spacial score (nSPS) is 36.3. The van der Waals surface area contributed by atoms with E-state index in [2.05, 4.69) is 12.2 Å². The maximum atomic E-state index is 12.6. The molecule has 0 spiro atoms. The summed E-state index contributed by atoms with van der Waals surface area (Å²) in [6, 6.07) is -0.323. The Kier molecular flexibility index (Phi) is 4.48. The van der Waals surface area contributed by atoms with Gasteiger partial charge in [-0.05, 0) is 31.6 Å². The molecule has 1 saturated heterocycles. The summed E-state index contributed by atoms with van der Waals surface area (Å²) in [7, 11) is 0. The zero-order chi connectivity index (χ0) is 14.0. The Balaban J connectivity index is 2.25. The summed E-state index contributed by atoms with van der Waals surface area (Å²) in [5.74, 6) is 0.676. The van der Waals surface area contributed by atoms with Crippen molar-refractivity contribution in [3.8, 4) is 0 Å². The number of hydrogen-bond acceptors (Lipinski definition) is 2. The second kappa shape index (κ2) is 5.93. The number of hydrogen-bond donors (Lipinski definition) is 1. The molecule has 1 saturated carbocycles. The van der Waals surface area contributed by atoms with Crippen LogP contribution in [0.3, 0.4) is 0 Å². The highest BCUT2D eigenvalue weighted by Gasteiger charge is 2.43. The number of carbonyl (C=O) groups excluding carboxylic acids is 2. The lowest BCUT2D eigenvalue weighted by Crippen LogP contribution is -2.66. The van der Waals surface area contributed by atoms with Crippen LogP contribution in [0.15, 0.2) is 0 Å². The molecule has 0 radical (unpaired) electrons. The Bertz CT molecular complexity index is 356. The molecule has 0 bridgehead atoms. The third kappa shape index (κ3) is 2.63. The first-order chi connectivity index (χ1) is 9.10. The molecule has 4 heteroatoms. The van der Waals surface area contributed by atoms with Crippen LogP contribution in [-0.2, 0) is 9.59 Å². The van der Waals surface area contributed by atoms with E-state index >= 15 is 0 Å². The maximum Gasteiger partial charge on any atom is 0.246 e. The van der Waals surface area contributed by atoms with E-state index in [1.807, 2.05) is 18.7 Å². The second-order valence-electron chi connectivity index (χ2n) is 5.97. The number of carbonyl (C=O) groups is 2. The summed E-state index contributed by atoms with van der Waals surface area (Å²) in [6.07, 6.45) is 6.03. The molecule has 4 nitrogen and oxygen atoms in total. The first kappa shape index (κ1) is 14.4. The predicted octanol–water partition coefficient (Wildman–Crippen LogP) is 2.08. The number of piperazine rings is 1. The lowest BCUT2D eigenvalue weighted by atomic mass is 9.83. The minimum Gasteiger partial charge on any atom is -0.343 e. The molecular weight excluding hydrogens is 240 g/mol. The monoisotopic (exact) mass is 266 g/mol. The average Bonchev–Trinajstić information content (AvgIpc) is 2.41. The van der Waals surface area contributed by atoms with Gasteiger partial charge in [0.2, 0.25) is 11.8 Å². The van der Waals surface area contributed by atoms with Gasteiger partial charge in [-0.2, -0.15) is 0 Å². The zero-order valence-corrected chi connectivity index (χ0v) is 12.3. The summed E-state index contributed by atoms with van der Waals surface area (Å²) >= 11 is 0. The first-order valence-corrected chi connectivity index (χ1v) is 7.72. The summed E-state index contributed by atoms with van der Waals surface area (Å²) < 4.78 is 0. The highest BCUT2D eigenvalue weighted by atomic mass is 16.2. The van der Waals surface area contributed by atoms with E-state index < -0.39 is 0 Å². The lowest BCUT2D eigenvalue weighted by molar-refractivity contribution is -0.154. The van der Waals surface area contributed by atoms with Gasteiger partial charge in [0, 0.05) is 6.04 Å². The molecule has 0 aromatic rings. The quantitative estimate of drug-likeness (QED) is 0.850. The van der Waals surface area contributed by atoms with E-state index in [1.165, 1.54) is 19.3 Å². The van der Waals surface area contributed by atoms with Crippen LogP contribution in [0.1, 0.15) is 59.3 Å². The van der Waals surface area contributed by atoms with Crippen molar-refractivity contribution in [2.75, 3.05) is 0 Å². The van der Waals surface area contributed by atoms with Gasteiger partial charge in [0.1, 0.15) is 12.1 Å². The molecule has 0 aromatic carbocycles. The molecule has 0 aromatic heterocycles. The summed E-state index contributed by atoms with van der Waals surface area (Å²) in [4.78, 5) is 26.7. The summed E-state index contributed by atoms with van der Waals surface area (Å²) in [5.41, 5.74) is 0. The van der Waals surface area contributed by atoms with Crippen molar-refractivity contribution in [2.24, 2.45) is 5.92 Å². The smallest absolute Gasteiger partial charge is 0.246 e. The van der Waals surface area contributed by atoms with Gasteiger partial charge in [-0.1, -0.05) is 33.6 Å². The van der Waals surface area contributed by atoms with Crippen molar-refractivity contribution >= 4 is 11.8 Å². The molecule has 19 heavy (non-hydrogen) atoms. The number of nitrogens with one attached hydrogen (secondary N) is 1. The SMILES string of the molecule is CCC1NC(=O)C(CC)N(C2CCCCC2C)C1=O. The Hall–Kier alpha value is -1.06. The van der Waals surface area contributed by atoms with Gasteiger partial charge in [0.05, 0.1) is 0 Å². The second-order valence-corrected chi connectivity index (χ2v) is 5.97. The van der Waals surface area contributed by atoms with Gasteiger partial charge in [0.15, 0.2) is 0 Å². The van der Waals surface area contributed by atoms with Crippen LogP contribution in [0, 0.1) is 5.92 Å². The van der Waals surface area contributed by atoms with E-state index in [1.54, 1.807) is 0 Å². The molecule has 1 N–H and O–H groups in total. The highest BCUT2D eigenvalue weighted by Crippen LogP contribution is 2.31. The molecule has 2 amide bonds. The Morgan fingerprint density at radius 2 is 1.84 bits per heavy atom. The molecule has 2 aliphatic rings. The molecule has 1 heterocycles. The van der Waals surface area contributed by atoms with Crippen LogP contribution < -0.4 is 5.32 Å². The Labute approximate surface area is 115 Å². The molecule has 1 aliphatic carbocycles. The van der Waals surface area contributed by atoms with Gasteiger partial charge in [-0.15, -0.1) is 0 Å². The van der Waals surface area contributed by atoms with Crippen molar-refractivity contribution in [2.45, 2.75) is 77.4 Å². The molecule has 4 unspecified atom stereocenters. The Morgan fingerprint density at radius 1 is 1.16 bits per heavy atom. The van der Waals surface area contributed by atoms with Gasteiger partial charge < -0.3 is 10.2 Å². The van der Waals surface area contributed by atoms with Crippen LogP contribution in [0.2, 0.25) is 0 Å². The minimum absolute atomic E-state index is 0.0340. The average molecular weight is 266 g/mol. The van der Waals surface area contributed by atoms with Crippen LogP contribution in [0.5, 0.6) is 0 Å².